The molecule has 0 bridgehead atoms. The summed E-state index contributed by atoms with van der Waals surface area (Å²) in [5.41, 5.74) is 2.16. The lowest BCUT2D eigenvalue weighted by molar-refractivity contribution is 0.625. The van der Waals surface area contributed by atoms with Gasteiger partial charge in [0.1, 0.15) is 5.82 Å². The Hall–Kier alpha value is -1.00. The van der Waals surface area contributed by atoms with Gasteiger partial charge in [-0.15, -0.1) is 11.8 Å². The van der Waals surface area contributed by atoms with Crippen molar-refractivity contribution in [3.05, 3.63) is 58.3 Å². The first-order valence-electron chi connectivity index (χ1n) is 6.55. The molecule has 2 aromatic rings. The molecule has 1 N–H and O–H groups in total. The van der Waals surface area contributed by atoms with Crippen molar-refractivity contribution in [3.63, 3.8) is 0 Å². The third-order valence-electron chi connectivity index (χ3n) is 2.99. The molecule has 0 aromatic heterocycles. The van der Waals surface area contributed by atoms with Crippen LogP contribution < -0.4 is 5.32 Å². The Balaban J connectivity index is 2.21. The van der Waals surface area contributed by atoms with Crippen LogP contribution in [0.1, 0.15) is 25.5 Å². The van der Waals surface area contributed by atoms with E-state index in [1.807, 2.05) is 30.0 Å². The maximum Gasteiger partial charge on any atom is 0.124 e. The summed E-state index contributed by atoms with van der Waals surface area (Å²) in [7, 11) is 0. The third-order valence-corrected chi connectivity index (χ3v) is 4.63. The van der Waals surface area contributed by atoms with Gasteiger partial charge in [-0.2, -0.15) is 0 Å². The number of hydrogen-bond donors (Lipinski definition) is 1. The van der Waals surface area contributed by atoms with E-state index in [4.69, 9.17) is 0 Å². The monoisotopic (exact) mass is 353 g/mol. The predicted molar refractivity (Wildman–Crippen MR) is 89.0 cm³/mol. The van der Waals surface area contributed by atoms with Crippen molar-refractivity contribution in [2.45, 2.75) is 24.8 Å². The first-order valence-corrected chi connectivity index (χ1v) is 8.33. The van der Waals surface area contributed by atoms with E-state index in [9.17, 15) is 4.39 Å². The summed E-state index contributed by atoms with van der Waals surface area (Å²) in [6.45, 7) is 4.22. The first-order chi connectivity index (χ1) is 9.61. The van der Waals surface area contributed by atoms with Gasteiger partial charge in [0.25, 0.3) is 0 Å². The Morgan fingerprint density at radius 3 is 2.70 bits per heavy atom. The van der Waals surface area contributed by atoms with Crippen molar-refractivity contribution in [2.24, 2.45) is 0 Å². The molecule has 106 valence electrons. The van der Waals surface area contributed by atoms with Gasteiger partial charge < -0.3 is 5.32 Å². The summed E-state index contributed by atoms with van der Waals surface area (Å²) < 4.78 is 13.9. The lowest BCUT2D eigenvalue weighted by Crippen LogP contribution is -2.08. The molecular formula is C16H17BrFNS. The molecule has 2 rings (SSSR count). The number of nitrogens with one attached hydrogen (secondary N) is 1. The lowest BCUT2D eigenvalue weighted by atomic mass is 10.1. The minimum Gasteiger partial charge on any atom is -0.378 e. The molecule has 0 amide bonds. The number of hydrogen-bond acceptors (Lipinski definition) is 2. The minimum absolute atomic E-state index is 0.101. The van der Waals surface area contributed by atoms with Gasteiger partial charge in [0, 0.05) is 21.1 Å². The van der Waals surface area contributed by atoms with Crippen LogP contribution in [0.25, 0.3) is 0 Å². The topological polar surface area (TPSA) is 12.0 Å². The number of benzene rings is 2. The molecule has 0 saturated carbocycles. The average Bonchev–Trinajstić information content (AvgIpc) is 2.41. The van der Waals surface area contributed by atoms with E-state index in [-0.39, 0.29) is 11.9 Å². The molecule has 0 fully saturated rings. The highest BCUT2D eigenvalue weighted by Crippen LogP contribution is 2.32. The maximum absolute atomic E-state index is 13.1. The smallest absolute Gasteiger partial charge is 0.124 e. The fourth-order valence-corrected chi connectivity index (χ4v) is 3.49. The number of rotatable bonds is 5. The van der Waals surface area contributed by atoms with Gasteiger partial charge in [0.05, 0.1) is 0 Å². The quantitative estimate of drug-likeness (QED) is 0.674. The molecule has 0 saturated heterocycles. The van der Waals surface area contributed by atoms with Crippen molar-refractivity contribution < 1.29 is 4.39 Å². The zero-order chi connectivity index (χ0) is 14.5. The summed E-state index contributed by atoms with van der Waals surface area (Å²) in [5.74, 6) is 0.808. The molecule has 0 aliphatic rings. The van der Waals surface area contributed by atoms with E-state index in [2.05, 4.69) is 47.2 Å². The molecule has 4 heteroatoms. The van der Waals surface area contributed by atoms with Crippen molar-refractivity contribution >= 4 is 33.4 Å². The molecule has 1 unspecified atom stereocenters. The first kappa shape index (κ1) is 15.4. The molecule has 20 heavy (non-hydrogen) atoms. The molecule has 1 nitrogen and oxygen atoms in total. The second kappa shape index (κ2) is 7.14. The third kappa shape index (κ3) is 3.76. The van der Waals surface area contributed by atoms with Crippen molar-refractivity contribution in [1.82, 2.24) is 0 Å². The van der Waals surface area contributed by atoms with Gasteiger partial charge in [-0.3, -0.25) is 0 Å². The number of halogens is 2. The maximum atomic E-state index is 13.1. The highest BCUT2D eigenvalue weighted by molar-refractivity contribution is 9.10. The Morgan fingerprint density at radius 2 is 2.00 bits per heavy atom. The Kier molecular flexibility index (Phi) is 5.49. The SMILES string of the molecule is CCSc1ccccc1NC(C)c1ccc(F)cc1Br. The van der Waals surface area contributed by atoms with Crippen LogP contribution in [0.15, 0.2) is 51.8 Å². The van der Waals surface area contributed by atoms with Crippen LogP contribution >= 0.6 is 27.7 Å². The van der Waals surface area contributed by atoms with Crippen molar-refractivity contribution in [1.29, 1.82) is 0 Å². The van der Waals surface area contributed by atoms with Gasteiger partial charge in [-0.25, -0.2) is 4.39 Å². The van der Waals surface area contributed by atoms with Gasteiger partial charge in [0.2, 0.25) is 0 Å². The molecule has 0 aliphatic carbocycles. The van der Waals surface area contributed by atoms with E-state index in [0.29, 0.717) is 0 Å². The highest BCUT2D eigenvalue weighted by Gasteiger charge is 2.11. The second-order valence-electron chi connectivity index (χ2n) is 4.46. The summed E-state index contributed by atoms with van der Waals surface area (Å²) >= 11 is 5.24. The van der Waals surface area contributed by atoms with Crippen LogP contribution in [0, 0.1) is 5.82 Å². The van der Waals surface area contributed by atoms with E-state index >= 15 is 0 Å². The molecule has 1 atom stereocenters. The van der Waals surface area contributed by atoms with E-state index in [1.54, 1.807) is 0 Å². The molecule has 2 aromatic carbocycles. The molecule has 0 heterocycles. The zero-order valence-electron chi connectivity index (χ0n) is 11.5. The van der Waals surface area contributed by atoms with Gasteiger partial charge >= 0.3 is 0 Å². The largest absolute Gasteiger partial charge is 0.378 e. The Bertz CT molecular complexity index is 588. The Morgan fingerprint density at radius 1 is 1.25 bits per heavy atom. The second-order valence-corrected chi connectivity index (χ2v) is 6.62. The zero-order valence-corrected chi connectivity index (χ0v) is 13.9. The Labute approximate surface area is 132 Å². The van der Waals surface area contributed by atoms with Gasteiger partial charge in [0.15, 0.2) is 0 Å². The fourth-order valence-electron chi connectivity index (χ4n) is 2.03. The summed E-state index contributed by atoms with van der Waals surface area (Å²) in [6, 6.07) is 13.2. The molecular weight excluding hydrogens is 337 g/mol. The van der Waals surface area contributed by atoms with Crippen LogP contribution in [0.4, 0.5) is 10.1 Å². The van der Waals surface area contributed by atoms with E-state index < -0.39 is 0 Å². The number of thioether (sulfide) groups is 1. The lowest BCUT2D eigenvalue weighted by Gasteiger charge is -2.19. The van der Waals surface area contributed by atoms with Crippen molar-refractivity contribution in [2.75, 3.05) is 11.1 Å². The highest BCUT2D eigenvalue weighted by atomic mass is 79.9. The van der Waals surface area contributed by atoms with Gasteiger partial charge in [-0.05, 0) is 42.5 Å². The van der Waals surface area contributed by atoms with Crippen LogP contribution in [-0.2, 0) is 0 Å². The standard InChI is InChI=1S/C16H17BrFNS/c1-3-20-16-7-5-4-6-15(16)19-11(2)13-9-8-12(18)10-14(13)17/h4-11,19H,3H2,1-2H3. The fraction of sp³-hybridized carbons (Fsp3) is 0.250. The summed E-state index contributed by atoms with van der Waals surface area (Å²) in [6.07, 6.45) is 0. The van der Waals surface area contributed by atoms with E-state index in [1.165, 1.54) is 17.0 Å². The molecule has 0 spiro atoms. The normalized spacial score (nSPS) is 12.2. The predicted octanol–water partition coefficient (Wildman–Crippen LogP) is 5.87. The number of para-hydroxylation sites is 1. The van der Waals surface area contributed by atoms with Crippen LogP contribution in [-0.4, -0.2) is 5.75 Å². The van der Waals surface area contributed by atoms with Crippen LogP contribution in [0.3, 0.4) is 0 Å². The summed E-state index contributed by atoms with van der Waals surface area (Å²) in [4.78, 5) is 1.24. The number of anilines is 1. The average molecular weight is 354 g/mol. The van der Waals surface area contributed by atoms with Crippen LogP contribution in [0.2, 0.25) is 0 Å². The van der Waals surface area contributed by atoms with Crippen LogP contribution in [0.5, 0.6) is 0 Å². The molecule has 0 aliphatic heterocycles. The molecule has 0 radical (unpaired) electrons. The summed E-state index contributed by atoms with van der Waals surface area (Å²) in [5, 5.41) is 3.50. The minimum atomic E-state index is -0.227. The van der Waals surface area contributed by atoms with E-state index in [0.717, 1.165) is 21.5 Å². The van der Waals surface area contributed by atoms with Crippen molar-refractivity contribution in [3.8, 4) is 0 Å². The van der Waals surface area contributed by atoms with Gasteiger partial charge in [-0.1, -0.05) is 41.1 Å².